The number of nitro benzene ring substituents is 1. The van der Waals surface area contributed by atoms with Gasteiger partial charge in [-0.2, -0.15) is 4.98 Å². The van der Waals surface area contributed by atoms with Gasteiger partial charge in [0.15, 0.2) is 0 Å². The summed E-state index contributed by atoms with van der Waals surface area (Å²) >= 11 is 0. The Labute approximate surface area is 149 Å². The highest BCUT2D eigenvalue weighted by Gasteiger charge is 2.24. The summed E-state index contributed by atoms with van der Waals surface area (Å²) in [4.78, 5) is 27.3. The minimum atomic E-state index is -0.452. The van der Waals surface area contributed by atoms with Gasteiger partial charge in [0.2, 0.25) is 0 Å². The molecule has 1 aromatic heterocycles. The zero-order valence-electron chi connectivity index (χ0n) is 14.2. The maximum Gasteiger partial charge on any atom is 0.348 e. The third-order valence-corrected chi connectivity index (χ3v) is 4.68. The van der Waals surface area contributed by atoms with E-state index in [1.807, 2.05) is 18.2 Å². The zero-order chi connectivity index (χ0) is 18.3. The van der Waals surface area contributed by atoms with Crippen LogP contribution in [0.2, 0.25) is 0 Å². The summed E-state index contributed by atoms with van der Waals surface area (Å²) in [6.07, 6.45) is 2.27. The standard InChI is InChI=1S/C19H17N3O4/c1-26-15-8-9-17-16(10-15)18(13-4-6-14(7-5-13)22(24)25)20-19(23)21(17)11-12-2-3-12/h4-10,12H,2-3,11H2,1H3. The molecule has 7 heteroatoms. The summed E-state index contributed by atoms with van der Waals surface area (Å²) in [6.45, 7) is 0.662. The molecular weight excluding hydrogens is 334 g/mol. The van der Waals surface area contributed by atoms with Gasteiger partial charge in [0.05, 0.1) is 23.2 Å². The van der Waals surface area contributed by atoms with E-state index in [1.54, 1.807) is 23.8 Å². The Morgan fingerprint density at radius 2 is 1.96 bits per heavy atom. The van der Waals surface area contributed by atoms with Gasteiger partial charge in [-0.3, -0.25) is 14.7 Å². The van der Waals surface area contributed by atoms with Crippen LogP contribution < -0.4 is 10.4 Å². The molecule has 0 N–H and O–H groups in total. The average Bonchev–Trinajstić information content (AvgIpc) is 3.47. The highest BCUT2D eigenvalue weighted by atomic mass is 16.6. The van der Waals surface area contributed by atoms with Crippen molar-refractivity contribution in [1.82, 2.24) is 9.55 Å². The second-order valence-corrected chi connectivity index (χ2v) is 6.48. The second-order valence-electron chi connectivity index (χ2n) is 6.48. The van der Waals surface area contributed by atoms with Crippen LogP contribution in [-0.4, -0.2) is 21.6 Å². The number of ether oxygens (including phenoxy) is 1. The summed E-state index contributed by atoms with van der Waals surface area (Å²) in [5, 5.41) is 11.7. The Bertz CT molecular complexity index is 1050. The Balaban J connectivity index is 1.93. The summed E-state index contributed by atoms with van der Waals surface area (Å²) in [6, 6.07) is 11.6. The van der Waals surface area contributed by atoms with Gasteiger partial charge < -0.3 is 4.74 Å². The van der Waals surface area contributed by atoms with Gasteiger partial charge >= 0.3 is 5.69 Å². The summed E-state index contributed by atoms with van der Waals surface area (Å²) in [7, 11) is 1.58. The van der Waals surface area contributed by atoms with Crippen LogP contribution in [-0.2, 0) is 6.54 Å². The number of nitro groups is 1. The molecule has 1 saturated carbocycles. The maximum absolute atomic E-state index is 12.6. The minimum Gasteiger partial charge on any atom is -0.497 e. The van der Waals surface area contributed by atoms with Crippen molar-refractivity contribution in [3.05, 3.63) is 63.1 Å². The molecule has 0 atom stereocenters. The Kier molecular flexibility index (Phi) is 3.91. The van der Waals surface area contributed by atoms with Gasteiger partial charge in [0.25, 0.3) is 5.69 Å². The van der Waals surface area contributed by atoms with Crippen molar-refractivity contribution < 1.29 is 9.66 Å². The number of fused-ring (bicyclic) bond motifs is 1. The number of non-ortho nitro benzene ring substituents is 1. The molecule has 1 heterocycles. The smallest absolute Gasteiger partial charge is 0.348 e. The van der Waals surface area contributed by atoms with Crippen LogP contribution in [0.1, 0.15) is 12.8 Å². The molecule has 0 saturated heterocycles. The zero-order valence-corrected chi connectivity index (χ0v) is 14.2. The quantitative estimate of drug-likeness (QED) is 0.519. The highest BCUT2D eigenvalue weighted by molar-refractivity contribution is 5.93. The van der Waals surface area contributed by atoms with E-state index in [1.165, 1.54) is 12.1 Å². The van der Waals surface area contributed by atoms with Gasteiger partial charge in [-0.05, 0) is 49.1 Å². The van der Waals surface area contributed by atoms with E-state index < -0.39 is 4.92 Å². The molecule has 132 valence electrons. The molecular formula is C19H17N3O4. The molecule has 1 aliphatic rings. The van der Waals surface area contributed by atoms with Crippen molar-refractivity contribution in [2.75, 3.05) is 7.11 Å². The van der Waals surface area contributed by atoms with Crippen LogP contribution >= 0.6 is 0 Å². The number of hydrogen-bond acceptors (Lipinski definition) is 5. The molecule has 2 aromatic carbocycles. The summed E-state index contributed by atoms with van der Waals surface area (Å²) in [5.41, 5.74) is 1.65. The number of rotatable bonds is 5. The normalized spacial score (nSPS) is 13.7. The molecule has 3 aromatic rings. The average molecular weight is 351 g/mol. The van der Waals surface area contributed by atoms with Gasteiger partial charge in [-0.25, -0.2) is 4.79 Å². The van der Waals surface area contributed by atoms with Crippen molar-refractivity contribution in [3.63, 3.8) is 0 Å². The Morgan fingerprint density at radius 3 is 2.58 bits per heavy atom. The second kappa shape index (κ2) is 6.25. The molecule has 0 radical (unpaired) electrons. The lowest BCUT2D eigenvalue weighted by atomic mass is 10.1. The van der Waals surface area contributed by atoms with E-state index in [-0.39, 0.29) is 11.4 Å². The first kappa shape index (κ1) is 16.3. The minimum absolute atomic E-state index is 0.00212. The van der Waals surface area contributed by atoms with E-state index >= 15 is 0 Å². The van der Waals surface area contributed by atoms with Gasteiger partial charge in [-0.15, -0.1) is 0 Å². The molecule has 4 rings (SSSR count). The molecule has 0 amide bonds. The van der Waals surface area contributed by atoms with Crippen LogP contribution in [0.15, 0.2) is 47.3 Å². The van der Waals surface area contributed by atoms with E-state index in [0.29, 0.717) is 29.5 Å². The highest BCUT2D eigenvalue weighted by Crippen LogP contribution is 2.33. The largest absolute Gasteiger partial charge is 0.497 e. The fourth-order valence-corrected chi connectivity index (χ4v) is 3.08. The number of benzene rings is 2. The Morgan fingerprint density at radius 1 is 1.23 bits per heavy atom. The first-order valence-corrected chi connectivity index (χ1v) is 8.40. The molecule has 26 heavy (non-hydrogen) atoms. The molecule has 7 nitrogen and oxygen atoms in total. The predicted molar refractivity (Wildman–Crippen MR) is 97.4 cm³/mol. The van der Waals surface area contributed by atoms with Crippen molar-refractivity contribution >= 4 is 16.6 Å². The van der Waals surface area contributed by atoms with E-state index in [4.69, 9.17) is 4.74 Å². The van der Waals surface area contributed by atoms with Crippen molar-refractivity contribution in [2.24, 2.45) is 5.92 Å². The van der Waals surface area contributed by atoms with Crippen LogP contribution in [0.5, 0.6) is 5.75 Å². The molecule has 0 bridgehead atoms. The number of aromatic nitrogens is 2. The fraction of sp³-hybridized carbons (Fsp3) is 0.263. The van der Waals surface area contributed by atoms with Gasteiger partial charge in [0, 0.05) is 29.6 Å². The third-order valence-electron chi connectivity index (χ3n) is 4.68. The van der Waals surface area contributed by atoms with Crippen LogP contribution in [0, 0.1) is 16.0 Å². The number of hydrogen-bond donors (Lipinski definition) is 0. The monoisotopic (exact) mass is 351 g/mol. The lowest BCUT2D eigenvalue weighted by Crippen LogP contribution is -2.25. The van der Waals surface area contributed by atoms with E-state index in [9.17, 15) is 14.9 Å². The maximum atomic E-state index is 12.6. The summed E-state index contributed by atoms with van der Waals surface area (Å²) in [5.74, 6) is 1.20. The van der Waals surface area contributed by atoms with Crippen molar-refractivity contribution in [2.45, 2.75) is 19.4 Å². The predicted octanol–water partition coefficient (Wildman–Crippen LogP) is 3.39. The topological polar surface area (TPSA) is 87.3 Å². The van der Waals surface area contributed by atoms with Gasteiger partial charge in [-0.1, -0.05) is 0 Å². The molecule has 1 aliphatic carbocycles. The fourth-order valence-electron chi connectivity index (χ4n) is 3.08. The third kappa shape index (κ3) is 2.92. The van der Waals surface area contributed by atoms with E-state index in [2.05, 4.69) is 4.98 Å². The van der Waals surface area contributed by atoms with Crippen molar-refractivity contribution in [3.8, 4) is 17.0 Å². The SMILES string of the molecule is COc1ccc2c(c1)c(-c1ccc([N+](=O)[O-])cc1)nc(=O)n2CC1CC1. The number of methoxy groups -OCH3 is 1. The van der Waals surface area contributed by atoms with E-state index in [0.717, 1.165) is 23.7 Å². The molecule has 0 unspecified atom stereocenters. The first-order chi connectivity index (χ1) is 12.6. The molecule has 1 fully saturated rings. The lowest BCUT2D eigenvalue weighted by Gasteiger charge is -2.13. The molecule has 0 aliphatic heterocycles. The Hall–Kier alpha value is -3.22. The van der Waals surface area contributed by atoms with Crippen LogP contribution in [0.25, 0.3) is 22.2 Å². The first-order valence-electron chi connectivity index (χ1n) is 8.40. The van der Waals surface area contributed by atoms with Crippen LogP contribution in [0.3, 0.4) is 0 Å². The molecule has 0 spiro atoms. The summed E-state index contributed by atoms with van der Waals surface area (Å²) < 4.78 is 7.03. The lowest BCUT2D eigenvalue weighted by molar-refractivity contribution is -0.384. The number of nitrogens with zero attached hydrogens (tertiary/aromatic N) is 3. The van der Waals surface area contributed by atoms with Crippen LogP contribution in [0.4, 0.5) is 5.69 Å². The van der Waals surface area contributed by atoms with Gasteiger partial charge in [0.1, 0.15) is 5.75 Å². The van der Waals surface area contributed by atoms with Crippen molar-refractivity contribution in [1.29, 1.82) is 0 Å².